The summed E-state index contributed by atoms with van der Waals surface area (Å²) in [5, 5.41) is 0.473. The summed E-state index contributed by atoms with van der Waals surface area (Å²) in [6.07, 6.45) is 2.45. The molecule has 9 heteroatoms. The molecular weight excluding hydrogens is 392 g/mol. The second-order valence-corrected chi connectivity index (χ2v) is 7.77. The predicted molar refractivity (Wildman–Crippen MR) is 109 cm³/mol. The Kier molecular flexibility index (Phi) is 4.98. The molecule has 3 aromatic rings. The van der Waals surface area contributed by atoms with Crippen LogP contribution in [0.4, 0.5) is 0 Å². The molecule has 2 aromatic heterocycles. The lowest BCUT2D eigenvalue weighted by atomic mass is 10.1. The summed E-state index contributed by atoms with van der Waals surface area (Å²) in [5.74, 6) is -1.09. The van der Waals surface area contributed by atoms with Crippen molar-refractivity contribution in [2.75, 3.05) is 12.0 Å². The number of hydrogen-bond donors (Lipinski definition) is 1. The number of imide groups is 1. The van der Waals surface area contributed by atoms with E-state index in [-0.39, 0.29) is 30.3 Å². The van der Waals surface area contributed by atoms with E-state index in [0.29, 0.717) is 27.8 Å². The van der Waals surface area contributed by atoms with E-state index in [2.05, 4.69) is 10.4 Å². The predicted octanol–water partition coefficient (Wildman–Crippen LogP) is 2.17. The van der Waals surface area contributed by atoms with Gasteiger partial charge in [0.15, 0.2) is 0 Å². The molecule has 1 aromatic carbocycles. The number of nitrogens with one attached hydrogen (secondary N) is 1. The van der Waals surface area contributed by atoms with E-state index < -0.39 is 5.91 Å². The van der Waals surface area contributed by atoms with Crippen molar-refractivity contribution in [2.24, 2.45) is 0 Å². The maximum atomic E-state index is 12.5. The number of aromatic nitrogens is 2. The Morgan fingerprint density at radius 1 is 1.14 bits per heavy atom. The largest absolute Gasteiger partial charge is 0.280 e. The fraction of sp³-hybridized carbons (Fsp3) is 0.250. The highest BCUT2D eigenvalue weighted by molar-refractivity contribution is 7.18. The number of nitrogens with zero attached hydrogens (tertiary/aromatic N) is 3. The molecule has 1 aliphatic rings. The second-order valence-electron chi connectivity index (χ2n) is 6.65. The Balaban J connectivity index is 1.37. The first-order valence-corrected chi connectivity index (χ1v) is 10.1. The smallest absolute Gasteiger partial charge is 0.274 e. The van der Waals surface area contributed by atoms with Gasteiger partial charge in [0.05, 0.1) is 16.5 Å². The van der Waals surface area contributed by atoms with Crippen LogP contribution in [0.2, 0.25) is 0 Å². The molecule has 29 heavy (non-hydrogen) atoms. The zero-order valence-corrected chi connectivity index (χ0v) is 16.5. The number of rotatable bonds is 6. The highest BCUT2D eigenvalue weighted by atomic mass is 32.1. The average molecular weight is 410 g/mol. The second kappa shape index (κ2) is 7.59. The SMILES string of the molecule is CCc1cc2c(=O)n(NC(=O)CCCN3C(=O)c4ccccc4C3=O)cnc2s1. The van der Waals surface area contributed by atoms with E-state index in [4.69, 9.17) is 0 Å². The first-order chi connectivity index (χ1) is 14.0. The summed E-state index contributed by atoms with van der Waals surface area (Å²) in [4.78, 5) is 56.4. The molecule has 1 N–H and O–H groups in total. The van der Waals surface area contributed by atoms with E-state index >= 15 is 0 Å². The third-order valence-corrected chi connectivity index (χ3v) is 5.95. The molecular formula is C20H18N4O4S. The first kappa shape index (κ1) is 19.0. The van der Waals surface area contributed by atoms with Crippen molar-refractivity contribution in [3.8, 4) is 0 Å². The van der Waals surface area contributed by atoms with Gasteiger partial charge in [0.1, 0.15) is 11.2 Å². The van der Waals surface area contributed by atoms with Gasteiger partial charge in [-0.15, -0.1) is 11.3 Å². The quantitative estimate of drug-likeness (QED) is 0.628. The summed E-state index contributed by atoms with van der Waals surface area (Å²) in [7, 11) is 0. The van der Waals surface area contributed by atoms with Crippen LogP contribution in [0.1, 0.15) is 45.4 Å². The van der Waals surface area contributed by atoms with Gasteiger partial charge >= 0.3 is 0 Å². The van der Waals surface area contributed by atoms with Gasteiger partial charge < -0.3 is 0 Å². The lowest BCUT2D eigenvalue weighted by Crippen LogP contribution is -2.34. The molecule has 1 aliphatic heterocycles. The van der Waals surface area contributed by atoms with E-state index in [0.717, 1.165) is 20.9 Å². The Labute approximate surface area is 169 Å². The van der Waals surface area contributed by atoms with Crippen LogP contribution >= 0.6 is 11.3 Å². The van der Waals surface area contributed by atoms with Crippen molar-refractivity contribution in [1.82, 2.24) is 14.6 Å². The Hall–Kier alpha value is -3.33. The number of aryl methyl sites for hydroxylation is 1. The number of thiophene rings is 1. The van der Waals surface area contributed by atoms with Gasteiger partial charge in [-0.05, 0) is 31.0 Å². The molecule has 0 spiro atoms. The standard InChI is InChI=1S/C20H18N4O4S/c1-2-12-10-15-17(29-12)21-11-24(20(15)28)22-16(25)8-5-9-23-18(26)13-6-3-4-7-14(13)19(23)27/h3-4,6-7,10-11H,2,5,8-9H2,1H3,(H,22,25). The molecule has 0 atom stereocenters. The first-order valence-electron chi connectivity index (χ1n) is 9.24. The summed E-state index contributed by atoms with van der Waals surface area (Å²) >= 11 is 1.46. The minimum absolute atomic E-state index is 0.0573. The van der Waals surface area contributed by atoms with Crippen LogP contribution in [-0.4, -0.2) is 38.8 Å². The van der Waals surface area contributed by atoms with Crippen LogP contribution in [-0.2, 0) is 11.2 Å². The maximum Gasteiger partial charge on any atom is 0.280 e. The van der Waals surface area contributed by atoms with Crippen LogP contribution in [0.3, 0.4) is 0 Å². The third kappa shape index (κ3) is 3.44. The molecule has 0 bridgehead atoms. The number of fused-ring (bicyclic) bond motifs is 2. The van der Waals surface area contributed by atoms with Crippen LogP contribution in [0.15, 0.2) is 41.5 Å². The Morgan fingerprint density at radius 3 is 2.48 bits per heavy atom. The molecule has 148 valence electrons. The lowest BCUT2D eigenvalue weighted by Gasteiger charge is -2.13. The molecule has 0 fully saturated rings. The maximum absolute atomic E-state index is 12.5. The van der Waals surface area contributed by atoms with Gasteiger partial charge in [0, 0.05) is 17.8 Å². The van der Waals surface area contributed by atoms with Crippen LogP contribution in [0.5, 0.6) is 0 Å². The molecule has 8 nitrogen and oxygen atoms in total. The summed E-state index contributed by atoms with van der Waals surface area (Å²) in [6.45, 7) is 2.13. The van der Waals surface area contributed by atoms with E-state index in [9.17, 15) is 19.2 Å². The van der Waals surface area contributed by atoms with Crippen molar-refractivity contribution in [3.63, 3.8) is 0 Å². The molecule has 0 saturated heterocycles. The molecule has 3 heterocycles. The third-order valence-electron chi connectivity index (χ3n) is 4.76. The Bertz CT molecular complexity index is 1160. The van der Waals surface area contributed by atoms with Crippen molar-refractivity contribution in [1.29, 1.82) is 0 Å². The molecule has 0 radical (unpaired) electrons. The van der Waals surface area contributed by atoms with Crippen molar-refractivity contribution in [3.05, 3.63) is 63.0 Å². The van der Waals surface area contributed by atoms with E-state index in [1.54, 1.807) is 30.3 Å². The molecule has 0 unspecified atom stereocenters. The number of benzene rings is 1. The van der Waals surface area contributed by atoms with E-state index in [1.165, 1.54) is 17.7 Å². The molecule has 0 saturated carbocycles. The number of carbonyl (C=O) groups is 3. The summed E-state index contributed by atoms with van der Waals surface area (Å²) in [5.41, 5.74) is 2.95. The molecule has 4 rings (SSSR count). The van der Waals surface area contributed by atoms with Gasteiger partial charge in [-0.1, -0.05) is 19.1 Å². The van der Waals surface area contributed by atoms with Gasteiger partial charge in [-0.3, -0.25) is 29.5 Å². The van der Waals surface area contributed by atoms with Crippen LogP contribution in [0.25, 0.3) is 10.2 Å². The van der Waals surface area contributed by atoms with Gasteiger partial charge in [0.2, 0.25) is 5.91 Å². The van der Waals surface area contributed by atoms with Gasteiger partial charge in [0.25, 0.3) is 17.4 Å². The minimum Gasteiger partial charge on any atom is -0.274 e. The van der Waals surface area contributed by atoms with Gasteiger partial charge in [-0.25, -0.2) is 9.66 Å². The number of amides is 3. The highest BCUT2D eigenvalue weighted by Crippen LogP contribution is 2.23. The van der Waals surface area contributed by atoms with Gasteiger partial charge in [-0.2, -0.15) is 0 Å². The van der Waals surface area contributed by atoms with Crippen molar-refractivity contribution < 1.29 is 14.4 Å². The average Bonchev–Trinajstić information content (AvgIpc) is 3.26. The molecule has 0 aliphatic carbocycles. The Morgan fingerprint density at radius 2 is 1.83 bits per heavy atom. The normalized spacial score (nSPS) is 13.2. The molecule has 3 amide bonds. The van der Waals surface area contributed by atoms with Crippen molar-refractivity contribution in [2.45, 2.75) is 26.2 Å². The lowest BCUT2D eigenvalue weighted by molar-refractivity contribution is -0.117. The van der Waals surface area contributed by atoms with Crippen LogP contribution < -0.4 is 11.0 Å². The zero-order valence-electron chi connectivity index (χ0n) is 15.7. The van der Waals surface area contributed by atoms with Crippen LogP contribution in [0, 0.1) is 0 Å². The fourth-order valence-corrected chi connectivity index (χ4v) is 4.18. The zero-order chi connectivity index (χ0) is 20.5. The summed E-state index contributed by atoms with van der Waals surface area (Å²) in [6, 6.07) is 8.44. The highest BCUT2D eigenvalue weighted by Gasteiger charge is 2.34. The number of carbonyl (C=O) groups excluding carboxylic acids is 3. The van der Waals surface area contributed by atoms with Crippen molar-refractivity contribution >= 4 is 39.3 Å². The topological polar surface area (TPSA) is 101 Å². The number of hydrogen-bond acceptors (Lipinski definition) is 6. The monoisotopic (exact) mass is 410 g/mol. The minimum atomic E-state index is -0.393. The fourth-order valence-electron chi connectivity index (χ4n) is 3.26. The summed E-state index contributed by atoms with van der Waals surface area (Å²) < 4.78 is 1.07. The van der Waals surface area contributed by atoms with E-state index in [1.807, 2.05) is 6.92 Å².